The van der Waals surface area contributed by atoms with E-state index in [2.05, 4.69) is 67.3 Å². The Bertz CT molecular complexity index is 1420. The number of hydrogen-bond acceptors (Lipinski definition) is 4. The van der Waals surface area contributed by atoms with E-state index in [1.807, 2.05) is 30.3 Å². The summed E-state index contributed by atoms with van der Waals surface area (Å²) in [6.07, 6.45) is 1.73. The maximum absolute atomic E-state index is 13.5. The van der Waals surface area contributed by atoms with E-state index in [0.717, 1.165) is 18.3 Å². The Labute approximate surface area is 210 Å². The average Bonchev–Trinajstić information content (AvgIpc) is 3.20. The Morgan fingerprint density at radius 2 is 1.84 bits per heavy atom. The summed E-state index contributed by atoms with van der Waals surface area (Å²) in [4.78, 5) is 7.40. The van der Waals surface area contributed by atoms with Gasteiger partial charge in [0.2, 0.25) is 0 Å². The van der Waals surface area contributed by atoms with Crippen LogP contribution in [0.15, 0.2) is 54.6 Å². The molecule has 1 N–H and O–H groups in total. The highest BCUT2D eigenvalue weighted by atomic mass is 127. The van der Waals surface area contributed by atoms with E-state index in [0.29, 0.717) is 33.7 Å². The van der Waals surface area contributed by atoms with Gasteiger partial charge < -0.3 is 9.72 Å². The first-order valence-corrected chi connectivity index (χ1v) is 11.5. The molecule has 1 aromatic heterocycles. The highest BCUT2D eigenvalue weighted by Gasteiger charge is 2.13. The predicted molar refractivity (Wildman–Crippen MR) is 137 cm³/mol. The third kappa shape index (κ3) is 4.76. The Balaban J connectivity index is 1.62. The molecular weight excluding hydrogens is 633 g/mol. The third-order valence-corrected chi connectivity index (χ3v) is 6.26. The topological polar surface area (TPSA) is 85.5 Å². The number of fused-ring (bicyclic) bond motifs is 1. The lowest BCUT2D eigenvalue weighted by Crippen LogP contribution is -2.01. The standard InChI is InChI=1S/C24H13FI2N4O/c25-18-5-6-21-22(10-18)31-24(30-21)17(12-29)7-14-8-19(26)23(20(27)9-14)32-13-16-4-2-1-3-15(16)11-28/h1-10H,13H2,(H,30,31)/b17-7-. The van der Waals surface area contributed by atoms with Crippen molar-refractivity contribution in [3.8, 4) is 17.9 Å². The van der Waals surface area contributed by atoms with Gasteiger partial charge in [-0.3, -0.25) is 0 Å². The van der Waals surface area contributed by atoms with Gasteiger partial charge in [-0.1, -0.05) is 18.2 Å². The number of imidazole rings is 1. The smallest absolute Gasteiger partial charge is 0.149 e. The van der Waals surface area contributed by atoms with Crippen LogP contribution in [0.3, 0.4) is 0 Å². The van der Waals surface area contributed by atoms with Crippen molar-refractivity contribution in [1.29, 1.82) is 10.5 Å². The summed E-state index contributed by atoms with van der Waals surface area (Å²) < 4.78 is 21.2. The lowest BCUT2D eigenvalue weighted by Gasteiger charge is -2.12. The van der Waals surface area contributed by atoms with Gasteiger partial charge in [0, 0.05) is 5.56 Å². The number of hydrogen-bond donors (Lipinski definition) is 1. The molecule has 0 saturated heterocycles. The molecule has 0 aliphatic heterocycles. The quantitative estimate of drug-likeness (QED) is 0.200. The molecule has 156 valence electrons. The molecule has 0 radical (unpaired) electrons. The molecular formula is C24H13FI2N4O. The number of benzene rings is 3. The van der Waals surface area contributed by atoms with Gasteiger partial charge in [-0.05, 0) is 93.2 Å². The Hall–Kier alpha value is -2.96. The molecule has 4 aromatic rings. The number of nitriles is 2. The fourth-order valence-electron chi connectivity index (χ4n) is 3.14. The van der Waals surface area contributed by atoms with E-state index in [-0.39, 0.29) is 12.4 Å². The molecule has 32 heavy (non-hydrogen) atoms. The number of nitrogens with one attached hydrogen (secondary N) is 1. The number of halogens is 3. The molecule has 0 fully saturated rings. The van der Waals surface area contributed by atoms with E-state index in [9.17, 15) is 14.9 Å². The Kier molecular flexibility index (Phi) is 6.72. The fourth-order valence-corrected chi connectivity index (χ4v) is 5.26. The normalized spacial score (nSPS) is 11.2. The van der Waals surface area contributed by atoms with Crippen LogP contribution in [0.1, 0.15) is 22.5 Å². The number of allylic oxidation sites excluding steroid dienone is 1. The molecule has 0 bridgehead atoms. The lowest BCUT2D eigenvalue weighted by molar-refractivity contribution is 0.301. The van der Waals surface area contributed by atoms with Crippen molar-refractivity contribution in [1.82, 2.24) is 9.97 Å². The summed E-state index contributed by atoms with van der Waals surface area (Å²) in [5.74, 6) is 0.729. The molecule has 1 heterocycles. The number of nitrogens with zero attached hydrogens (tertiary/aromatic N) is 3. The summed E-state index contributed by atoms with van der Waals surface area (Å²) in [5.41, 5.74) is 3.68. The Morgan fingerprint density at radius 3 is 2.56 bits per heavy atom. The molecule has 5 nitrogen and oxygen atoms in total. The molecule has 4 rings (SSSR count). The number of H-pyrrole nitrogens is 1. The van der Waals surface area contributed by atoms with Crippen LogP contribution in [-0.4, -0.2) is 9.97 Å². The molecule has 0 aliphatic carbocycles. The number of aromatic nitrogens is 2. The van der Waals surface area contributed by atoms with Crippen molar-refractivity contribution in [2.75, 3.05) is 0 Å². The van der Waals surface area contributed by atoms with Crippen LogP contribution in [0.25, 0.3) is 22.7 Å². The zero-order valence-corrected chi connectivity index (χ0v) is 20.7. The molecule has 3 aromatic carbocycles. The van der Waals surface area contributed by atoms with Crippen molar-refractivity contribution < 1.29 is 9.13 Å². The summed E-state index contributed by atoms with van der Waals surface area (Å²) >= 11 is 4.38. The second-order valence-corrected chi connectivity index (χ2v) is 9.11. The molecule has 0 aliphatic rings. The Morgan fingerprint density at radius 1 is 1.09 bits per heavy atom. The van der Waals surface area contributed by atoms with Crippen LogP contribution < -0.4 is 4.74 Å². The van der Waals surface area contributed by atoms with Crippen molar-refractivity contribution in [3.05, 3.63) is 90.1 Å². The van der Waals surface area contributed by atoms with E-state index < -0.39 is 0 Å². The second-order valence-electron chi connectivity index (χ2n) is 6.79. The first kappa shape index (κ1) is 22.2. The molecule has 0 unspecified atom stereocenters. The molecule has 0 amide bonds. The maximum atomic E-state index is 13.5. The first-order valence-electron chi connectivity index (χ1n) is 9.36. The van der Waals surface area contributed by atoms with Crippen LogP contribution in [0.5, 0.6) is 5.75 Å². The number of aromatic amines is 1. The van der Waals surface area contributed by atoms with Crippen LogP contribution in [0.2, 0.25) is 0 Å². The lowest BCUT2D eigenvalue weighted by atomic mass is 10.1. The van der Waals surface area contributed by atoms with Gasteiger partial charge >= 0.3 is 0 Å². The van der Waals surface area contributed by atoms with Crippen LogP contribution >= 0.6 is 45.2 Å². The van der Waals surface area contributed by atoms with Gasteiger partial charge in [-0.15, -0.1) is 0 Å². The van der Waals surface area contributed by atoms with Crippen molar-refractivity contribution in [2.45, 2.75) is 6.61 Å². The van der Waals surface area contributed by atoms with Gasteiger partial charge in [0.25, 0.3) is 0 Å². The maximum Gasteiger partial charge on any atom is 0.149 e. The zero-order valence-electron chi connectivity index (χ0n) is 16.4. The van der Waals surface area contributed by atoms with Crippen LogP contribution in [0, 0.1) is 35.6 Å². The molecule has 0 saturated carbocycles. The SMILES string of the molecule is N#C/C(=C/c1cc(I)c(OCc2ccccc2C#N)c(I)c1)c1nc2ccc(F)cc2[nH]1. The first-order chi connectivity index (χ1) is 15.5. The second kappa shape index (κ2) is 9.67. The van der Waals surface area contributed by atoms with Gasteiger partial charge in [0.15, 0.2) is 0 Å². The van der Waals surface area contributed by atoms with E-state index >= 15 is 0 Å². The van der Waals surface area contributed by atoms with Gasteiger partial charge in [-0.25, -0.2) is 9.37 Å². The minimum absolute atomic E-state index is 0.282. The monoisotopic (exact) mass is 646 g/mol. The molecule has 0 spiro atoms. The third-order valence-electron chi connectivity index (χ3n) is 4.66. The number of ether oxygens (including phenoxy) is 1. The number of rotatable bonds is 5. The van der Waals surface area contributed by atoms with E-state index in [1.165, 1.54) is 12.1 Å². The summed E-state index contributed by atoms with van der Waals surface area (Å²) in [6, 6.07) is 19.7. The van der Waals surface area contributed by atoms with E-state index in [1.54, 1.807) is 18.2 Å². The van der Waals surface area contributed by atoms with Gasteiger partial charge in [-0.2, -0.15) is 10.5 Å². The minimum atomic E-state index is -0.368. The summed E-state index contributed by atoms with van der Waals surface area (Å²) in [5, 5.41) is 18.9. The summed E-state index contributed by atoms with van der Waals surface area (Å²) in [6.45, 7) is 0.282. The largest absolute Gasteiger partial charge is 0.487 e. The highest BCUT2D eigenvalue weighted by molar-refractivity contribution is 14.1. The fraction of sp³-hybridized carbons (Fsp3) is 0.0417. The van der Waals surface area contributed by atoms with Crippen molar-refractivity contribution >= 4 is 67.9 Å². The highest BCUT2D eigenvalue weighted by Crippen LogP contribution is 2.31. The summed E-state index contributed by atoms with van der Waals surface area (Å²) in [7, 11) is 0. The van der Waals surface area contributed by atoms with Gasteiger partial charge in [0.1, 0.15) is 30.1 Å². The average molecular weight is 646 g/mol. The zero-order chi connectivity index (χ0) is 22.7. The van der Waals surface area contributed by atoms with Crippen molar-refractivity contribution in [3.63, 3.8) is 0 Å². The molecule has 0 atom stereocenters. The van der Waals surface area contributed by atoms with Crippen molar-refractivity contribution in [2.24, 2.45) is 0 Å². The van der Waals surface area contributed by atoms with Gasteiger partial charge in [0.05, 0.1) is 35.4 Å². The predicted octanol–water partition coefficient (Wildman–Crippen LogP) is 6.43. The molecule has 8 heteroatoms. The van der Waals surface area contributed by atoms with Crippen LogP contribution in [0.4, 0.5) is 4.39 Å². The van der Waals surface area contributed by atoms with E-state index in [4.69, 9.17) is 4.74 Å². The minimum Gasteiger partial charge on any atom is -0.487 e. The van der Waals surface area contributed by atoms with Crippen LogP contribution in [-0.2, 0) is 6.61 Å².